The van der Waals surface area contributed by atoms with E-state index < -0.39 is 0 Å². The van der Waals surface area contributed by atoms with Gasteiger partial charge in [0.25, 0.3) is 0 Å². The normalized spacial score (nSPS) is 11.8. The summed E-state index contributed by atoms with van der Waals surface area (Å²) in [7, 11) is 0. The number of hydrogen-bond donors (Lipinski definition) is 2. The first-order chi connectivity index (χ1) is 12.9. The number of hydrogen-bond acceptors (Lipinski definition) is 4. The number of amides is 1. The van der Waals surface area contributed by atoms with Gasteiger partial charge in [-0.15, -0.1) is 0 Å². The highest BCUT2D eigenvalue weighted by atomic mass is 79.9. The van der Waals surface area contributed by atoms with E-state index in [1.165, 1.54) is 18.7 Å². The zero-order chi connectivity index (χ0) is 19.4. The standard InChI is InChI=1S/C20H18BrN3O2S/c1-12(25)14-5-9-17(10-6-14)23-19(26)13(2)27-20-22-11-18(24-20)15-3-7-16(21)8-4-15/h3-11,13H,1-2H3,(H,22,24)(H,23,26). The molecule has 1 aromatic heterocycles. The van der Waals surface area contributed by atoms with E-state index in [9.17, 15) is 9.59 Å². The number of nitrogens with zero attached hydrogens (tertiary/aromatic N) is 1. The van der Waals surface area contributed by atoms with Crippen LogP contribution in [0.4, 0.5) is 5.69 Å². The van der Waals surface area contributed by atoms with Gasteiger partial charge in [-0.05, 0) is 55.8 Å². The van der Waals surface area contributed by atoms with E-state index in [1.807, 2.05) is 31.2 Å². The molecule has 138 valence electrons. The smallest absolute Gasteiger partial charge is 0.237 e. The molecule has 0 saturated carbocycles. The van der Waals surface area contributed by atoms with Crippen LogP contribution in [-0.2, 0) is 4.79 Å². The predicted octanol–water partition coefficient (Wildman–Crippen LogP) is 5.16. The summed E-state index contributed by atoms with van der Waals surface area (Å²) in [5, 5.41) is 3.21. The molecule has 0 saturated heterocycles. The summed E-state index contributed by atoms with van der Waals surface area (Å²) in [6, 6.07) is 14.8. The van der Waals surface area contributed by atoms with Gasteiger partial charge in [0.15, 0.2) is 10.9 Å². The second kappa shape index (κ2) is 8.54. The number of Topliss-reactive ketones (excluding diaryl/α,β-unsaturated/α-hetero) is 1. The summed E-state index contributed by atoms with van der Waals surface area (Å²) in [6.07, 6.45) is 1.76. The van der Waals surface area contributed by atoms with Gasteiger partial charge in [-0.25, -0.2) is 4.98 Å². The van der Waals surface area contributed by atoms with E-state index in [2.05, 4.69) is 31.2 Å². The number of aromatic amines is 1. The fourth-order valence-electron chi connectivity index (χ4n) is 2.39. The molecular weight excluding hydrogens is 426 g/mol. The van der Waals surface area contributed by atoms with Crippen LogP contribution in [0.5, 0.6) is 0 Å². The van der Waals surface area contributed by atoms with Gasteiger partial charge in [0.05, 0.1) is 17.1 Å². The Hall–Kier alpha value is -2.38. The molecule has 1 unspecified atom stereocenters. The van der Waals surface area contributed by atoms with Gasteiger partial charge in [-0.2, -0.15) is 0 Å². The molecule has 2 N–H and O–H groups in total. The topological polar surface area (TPSA) is 74.8 Å². The number of H-pyrrole nitrogens is 1. The molecule has 2 aromatic carbocycles. The van der Waals surface area contributed by atoms with Crippen molar-refractivity contribution in [3.05, 3.63) is 64.8 Å². The number of imidazole rings is 1. The number of ketones is 1. The van der Waals surface area contributed by atoms with Crippen LogP contribution in [0.1, 0.15) is 24.2 Å². The monoisotopic (exact) mass is 443 g/mol. The van der Waals surface area contributed by atoms with Crippen molar-refractivity contribution in [2.24, 2.45) is 0 Å². The molecule has 0 bridgehead atoms. The van der Waals surface area contributed by atoms with Gasteiger partial charge < -0.3 is 10.3 Å². The number of carbonyl (C=O) groups excluding carboxylic acids is 2. The van der Waals surface area contributed by atoms with E-state index in [-0.39, 0.29) is 16.9 Å². The lowest BCUT2D eigenvalue weighted by Gasteiger charge is -2.11. The van der Waals surface area contributed by atoms with Crippen molar-refractivity contribution in [1.82, 2.24) is 9.97 Å². The number of rotatable bonds is 6. The molecule has 27 heavy (non-hydrogen) atoms. The molecule has 0 aliphatic heterocycles. The zero-order valence-corrected chi connectivity index (χ0v) is 17.2. The molecule has 0 aliphatic rings. The fraction of sp³-hybridized carbons (Fsp3) is 0.150. The van der Waals surface area contributed by atoms with Crippen LogP contribution in [-0.4, -0.2) is 26.9 Å². The number of anilines is 1. The molecule has 0 spiro atoms. The Balaban J connectivity index is 1.61. The lowest BCUT2D eigenvalue weighted by atomic mass is 10.1. The highest BCUT2D eigenvalue weighted by Crippen LogP contribution is 2.26. The lowest BCUT2D eigenvalue weighted by molar-refractivity contribution is -0.115. The van der Waals surface area contributed by atoms with Crippen LogP contribution in [0.25, 0.3) is 11.3 Å². The van der Waals surface area contributed by atoms with Crippen molar-refractivity contribution in [2.45, 2.75) is 24.3 Å². The van der Waals surface area contributed by atoms with E-state index in [1.54, 1.807) is 30.5 Å². The predicted molar refractivity (Wildman–Crippen MR) is 112 cm³/mol. The van der Waals surface area contributed by atoms with Crippen molar-refractivity contribution in [1.29, 1.82) is 0 Å². The average molecular weight is 444 g/mol. The maximum absolute atomic E-state index is 12.4. The quantitative estimate of drug-likeness (QED) is 0.407. The van der Waals surface area contributed by atoms with E-state index >= 15 is 0 Å². The Morgan fingerprint density at radius 1 is 1.11 bits per heavy atom. The van der Waals surface area contributed by atoms with Gasteiger partial charge in [-0.1, -0.05) is 39.8 Å². The molecule has 5 nitrogen and oxygen atoms in total. The van der Waals surface area contributed by atoms with Crippen LogP contribution >= 0.6 is 27.7 Å². The average Bonchev–Trinajstić information content (AvgIpc) is 3.11. The summed E-state index contributed by atoms with van der Waals surface area (Å²) in [6.45, 7) is 3.34. The Morgan fingerprint density at radius 3 is 2.41 bits per heavy atom. The van der Waals surface area contributed by atoms with Crippen LogP contribution in [0.3, 0.4) is 0 Å². The van der Waals surface area contributed by atoms with Crippen molar-refractivity contribution in [3.63, 3.8) is 0 Å². The second-order valence-electron chi connectivity index (χ2n) is 5.99. The Morgan fingerprint density at radius 2 is 1.78 bits per heavy atom. The van der Waals surface area contributed by atoms with Crippen LogP contribution in [0, 0.1) is 0 Å². The maximum atomic E-state index is 12.4. The first-order valence-corrected chi connectivity index (χ1v) is 9.99. The first kappa shape index (κ1) is 19.4. The lowest BCUT2D eigenvalue weighted by Crippen LogP contribution is -2.22. The SMILES string of the molecule is CC(=O)c1ccc(NC(=O)C(C)Sc2ncc(-c3ccc(Br)cc3)[nH]2)cc1. The van der Waals surface area contributed by atoms with Gasteiger partial charge in [0.1, 0.15) is 0 Å². The number of thioether (sulfide) groups is 1. The van der Waals surface area contributed by atoms with Gasteiger partial charge in [0.2, 0.25) is 5.91 Å². The van der Waals surface area contributed by atoms with Crippen LogP contribution in [0.2, 0.25) is 0 Å². The molecule has 1 atom stereocenters. The summed E-state index contributed by atoms with van der Waals surface area (Å²) < 4.78 is 1.02. The van der Waals surface area contributed by atoms with Crippen molar-refractivity contribution < 1.29 is 9.59 Å². The third kappa shape index (κ3) is 5.08. The molecule has 1 heterocycles. The number of halogens is 1. The van der Waals surface area contributed by atoms with Crippen molar-refractivity contribution in [2.75, 3.05) is 5.32 Å². The second-order valence-corrected chi connectivity index (χ2v) is 8.24. The first-order valence-electron chi connectivity index (χ1n) is 8.32. The minimum Gasteiger partial charge on any atom is -0.333 e. The highest BCUT2D eigenvalue weighted by Gasteiger charge is 2.17. The minimum absolute atomic E-state index is 0.00352. The number of benzene rings is 2. The molecule has 3 rings (SSSR count). The van der Waals surface area contributed by atoms with Gasteiger partial charge >= 0.3 is 0 Å². The minimum atomic E-state index is -0.332. The summed E-state index contributed by atoms with van der Waals surface area (Å²) in [4.78, 5) is 31.3. The van der Waals surface area contributed by atoms with Crippen molar-refractivity contribution in [3.8, 4) is 11.3 Å². The van der Waals surface area contributed by atoms with Crippen LogP contribution < -0.4 is 5.32 Å². The Labute approximate surface area is 170 Å². The van der Waals surface area contributed by atoms with E-state index in [4.69, 9.17) is 0 Å². The van der Waals surface area contributed by atoms with Crippen LogP contribution in [0.15, 0.2) is 64.4 Å². The summed E-state index contributed by atoms with van der Waals surface area (Å²) in [5.41, 5.74) is 3.21. The molecule has 0 fully saturated rings. The third-order valence-corrected chi connectivity index (χ3v) is 5.45. The number of aromatic nitrogens is 2. The third-order valence-electron chi connectivity index (χ3n) is 3.92. The van der Waals surface area contributed by atoms with Gasteiger partial charge in [-0.3, -0.25) is 9.59 Å². The number of carbonyl (C=O) groups is 2. The number of nitrogens with one attached hydrogen (secondary N) is 2. The molecule has 3 aromatic rings. The fourth-order valence-corrected chi connectivity index (χ4v) is 3.44. The molecular formula is C20H18BrN3O2S. The Kier molecular flexibility index (Phi) is 6.13. The van der Waals surface area contributed by atoms with Gasteiger partial charge in [0, 0.05) is 15.7 Å². The maximum Gasteiger partial charge on any atom is 0.237 e. The molecule has 7 heteroatoms. The van der Waals surface area contributed by atoms with E-state index in [0.29, 0.717) is 16.4 Å². The zero-order valence-electron chi connectivity index (χ0n) is 14.8. The van der Waals surface area contributed by atoms with E-state index in [0.717, 1.165) is 15.7 Å². The molecule has 1 amide bonds. The highest BCUT2D eigenvalue weighted by molar-refractivity contribution is 9.10. The molecule has 0 radical (unpaired) electrons. The Bertz CT molecular complexity index is 952. The summed E-state index contributed by atoms with van der Waals surface area (Å²) in [5.74, 6) is -0.131. The molecule has 0 aliphatic carbocycles. The summed E-state index contributed by atoms with van der Waals surface area (Å²) >= 11 is 4.77. The largest absolute Gasteiger partial charge is 0.333 e. The van der Waals surface area contributed by atoms with Crippen molar-refractivity contribution >= 4 is 45.1 Å².